The van der Waals surface area contributed by atoms with Gasteiger partial charge < -0.3 is 41.1 Å². The van der Waals surface area contributed by atoms with Gasteiger partial charge in [0.1, 0.15) is 23.3 Å². The van der Waals surface area contributed by atoms with Crippen LogP contribution in [0.4, 0.5) is 4.79 Å². The van der Waals surface area contributed by atoms with E-state index in [4.69, 9.17) is 10.5 Å². The zero-order valence-electron chi connectivity index (χ0n) is 34.1. The van der Waals surface area contributed by atoms with Gasteiger partial charge in [-0.3, -0.25) is 19.2 Å². The fraction of sp³-hybridized carbons (Fsp3) is 0.595. The predicted octanol–water partition coefficient (Wildman–Crippen LogP) is 3.30. The molecule has 3 heterocycles. The number of carbonyl (C=O) groups is 5. The van der Waals surface area contributed by atoms with Crippen LogP contribution in [-0.4, -0.2) is 114 Å². The molecule has 1 aliphatic carbocycles. The summed E-state index contributed by atoms with van der Waals surface area (Å²) in [6.45, 7) is 8.51. The number of carbonyl (C=O) groups excluding carboxylic acids is 5. The minimum Gasteiger partial charge on any atom is -0.444 e. The minimum atomic E-state index is -1.81. The highest BCUT2D eigenvalue weighted by atomic mass is 16.6. The second kappa shape index (κ2) is 17.0. The van der Waals surface area contributed by atoms with E-state index in [1.54, 1.807) is 46.8 Å². The van der Waals surface area contributed by atoms with Gasteiger partial charge in [-0.15, -0.1) is 5.10 Å². The lowest BCUT2D eigenvalue weighted by Gasteiger charge is -2.44. The molecule has 314 valence electrons. The summed E-state index contributed by atoms with van der Waals surface area (Å²) in [6, 6.07) is 10.3. The highest BCUT2D eigenvalue weighted by molar-refractivity contribution is 6.01. The summed E-state index contributed by atoms with van der Waals surface area (Å²) in [5.74, 6) is -2.41. The second-order valence-corrected chi connectivity index (χ2v) is 17.8. The molecule has 1 aromatic heterocycles. The van der Waals surface area contributed by atoms with Crippen molar-refractivity contribution in [2.75, 3.05) is 19.6 Å². The van der Waals surface area contributed by atoms with Crippen molar-refractivity contribution in [3.05, 3.63) is 59.9 Å². The molecule has 2 saturated heterocycles. The Morgan fingerprint density at radius 2 is 1.66 bits per heavy atom. The summed E-state index contributed by atoms with van der Waals surface area (Å²) in [4.78, 5) is 72.0. The quantitative estimate of drug-likeness (QED) is 0.190. The number of amides is 5. The van der Waals surface area contributed by atoms with E-state index in [0.29, 0.717) is 17.7 Å². The van der Waals surface area contributed by atoms with Crippen molar-refractivity contribution < 1.29 is 38.9 Å². The van der Waals surface area contributed by atoms with E-state index in [9.17, 15) is 29.4 Å². The van der Waals surface area contributed by atoms with Crippen molar-refractivity contribution in [1.29, 1.82) is 0 Å². The van der Waals surface area contributed by atoms with E-state index in [0.717, 1.165) is 42.9 Å². The van der Waals surface area contributed by atoms with Crippen LogP contribution in [-0.2, 0) is 24.7 Å². The maximum Gasteiger partial charge on any atom is 0.410 e. The lowest BCUT2D eigenvalue weighted by Crippen LogP contribution is -2.67. The van der Waals surface area contributed by atoms with E-state index in [2.05, 4.69) is 20.9 Å². The molecular formula is C42H58N8O8. The Kier molecular flexibility index (Phi) is 12.5. The normalized spacial score (nSPS) is 21.3. The Hall–Kier alpha value is -5.09. The van der Waals surface area contributed by atoms with Crippen molar-refractivity contribution in [2.24, 2.45) is 11.7 Å². The molecule has 5 amide bonds. The molecule has 3 aromatic rings. The zero-order valence-corrected chi connectivity index (χ0v) is 34.1. The van der Waals surface area contributed by atoms with Crippen LogP contribution in [0.15, 0.2) is 48.7 Å². The number of ether oxygens (including phenoxy) is 1. The Morgan fingerprint density at radius 1 is 0.983 bits per heavy atom. The van der Waals surface area contributed by atoms with Gasteiger partial charge in [-0.2, -0.15) is 0 Å². The van der Waals surface area contributed by atoms with E-state index in [1.165, 1.54) is 20.7 Å². The fourth-order valence-corrected chi connectivity index (χ4v) is 8.67. The molecule has 0 radical (unpaired) electrons. The molecule has 6 rings (SSSR count). The molecule has 58 heavy (non-hydrogen) atoms. The number of rotatable bonds is 11. The summed E-state index contributed by atoms with van der Waals surface area (Å²) in [6.07, 6.45) is 4.38. The number of hydrogen-bond acceptors (Lipinski definition) is 10. The SMILES string of the molecule is CC(C)(C)OC(=O)N1CCC(NC(=O)[C@@H]2C[C@H](n3nncc3C(C)(C)O)CN2C(=O)C(CC2CCCCC2)NC(=O)c2ccc3ccccc3c2)(C(O)C(N)=O)CC1. The maximum atomic E-state index is 15.0. The Bertz CT molecular complexity index is 1990. The van der Waals surface area contributed by atoms with Crippen molar-refractivity contribution in [3.8, 4) is 0 Å². The van der Waals surface area contributed by atoms with Crippen LogP contribution < -0.4 is 16.4 Å². The Balaban J connectivity index is 1.31. The molecule has 1 saturated carbocycles. The molecule has 3 aliphatic rings. The lowest BCUT2D eigenvalue weighted by atomic mass is 9.81. The van der Waals surface area contributed by atoms with Crippen molar-refractivity contribution >= 4 is 40.5 Å². The number of benzene rings is 2. The van der Waals surface area contributed by atoms with Gasteiger partial charge in [-0.05, 0) is 82.7 Å². The largest absolute Gasteiger partial charge is 0.444 e. The molecule has 0 spiro atoms. The molecular weight excluding hydrogens is 745 g/mol. The smallest absolute Gasteiger partial charge is 0.410 e. The van der Waals surface area contributed by atoms with Crippen LogP contribution in [0.5, 0.6) is 0 Å². The Labute approximate surface area is 338 Å². The van der Waals surface area contributed by atoms with Crippen LogP contribution in [0.2, 0.25) is 0 Å². The van der Waals surface area contributed by atoms with Gasteiger partial charge in [0.05, 0.1) is 23.5 Å². The highest BCUT2D eigenvalue weighted by Crippen LogP contribution is 2.35. The standard InChI is InChI=1S/C42H58N8O8/c1-40(2,3)58-39(56)48-19-17-42(18-20-48,34(51)35(43)52)46-37(54)32-23-30(50-33(24-44-47-50)41(4,5)57)25-49(32)38(55)31(21-26-11-7-6-8-12-26)45-36(53)29-16-15-27-13-9-10-14-28(27)22-29/h9-10,13-16,22,24,26,30-32,34,51,57H,6-8,11-12,17-21,23,25H2,1-5H3,(H2,43,52)(H,45,53)(H,46,54)/t30-,31?,32-,34?/m0/s1. The van der Waals surface area contributed by atoms with Crippen molar-refractivity contribution in [2.45, 2.75) is 133 Å². The molecule has 0 bridgehead atoms. The van der Waals surface area contributed by atoms with Gasteiger partial charge in [0.2, 0.25) is 17.7 Å². The number of fused-ring (bicyclic) bond motifs is 1. The molecule has 6 N–H and O–H groups in total. The van der Waals surface area contributed by atoms with Crippen LogP contribution in [0.25, 0.3) is 10.8 Å². The van der Waals surface area contributed by atoms with Gasteiger partial charge >= 0.3 is 6.09 Å². The number of aliphatic hydroxyl groups is 2. The van der Waals surface area contributed by atoms with Crippen molar-refractivity contribution in [3.63, 3.8) is 0 Å². The zero-order chi connectivity index (χ0) is 42.0. The first kappa shape index (κ1) is 42.5. The van der Waals surface area contributed by atoms with E-state index >= 15 is 4.79 Å². The van der Waals surface area contributed by atoms with Crippen LogP contribution >= 0.6 is 0 Å². The first-order valence-corrected chi connectivity index (χ1v) is 20.4. The fourth-order valence-electron chi connectivity index (χ4n) is 8.67. The number of hydrogen-bond donors (Lipinski definition) is 5. The number of nitrogens with zero attached hydrogens (tertiary/aromatic N) is 5. The molecule has 4 atom stereocenters. The molecule has 16 nitrogen and oxygen atoms in total. The highest BCUT2D eigenvalue weighted by Gasteiger charge is 2.50. The van der Waals surface area contributed by atoms with Gasteiger partial charge in [-0.1, -0.05) is 67.6 Å². The molecule has 2 aromatic carbocycles. The Morgan fingerprint density at radius 3 is 2.29 bits per heavy atom. The second-order valence-electron chi connectivity index (χ2n) is 17.8. The number of primary amides is 1. The molecule has 2 aliphatic heterocycles. The molecule has 2 unspecified atom stereocenters. The van der Waals surface area contributed by atoms with E-state index in [-0.39, 0.29) is 44.8 Å². The van der Waals surface area contributed by atoms with Crippen molar-refractivity contribution in [1.82, 2.24) is 35.4 Å². The van der Waals surface area contributed by atoms with Gasteiger partial charge in [0.25, 0.3) is 5.91 Å². The van der Waals surface area contributed by atoms with E-state index in [1.807, 2.05) is 30.3 Å². The monoisotopic (exact) mass is 802 g/mol. The van der Waals surface area contributed by atoms with Crippen LogP contribution in [0.1, 0.15) is 114 Å². The third-order valence-corrected chi connectivity index (χ3v) is 11.8. The number of nitrogens with one attached hydrogen (secondary N) is 2. The topological polar surface area (TPSA) is 222 Å². The lowest BCUT2D eigenvalue weighted by molar-refractivity contribution is -0.144. The molecule has 16 heteroatoms. The summed E-state index contributed by atoms with van der Waals surface area (Å²) in [5.41, 5.74) is 2.75. The summed E-state index contributed by atoms with van der Waals surface area (Å²) in [5, 5.41) is 38.3. The van der Waals surface area contributed by atoms with E-state index < -0.39 is 70.7 Å². The number of aliphatic hydroxyl groups excluding tert-OH is 1. The third kappa shape index (κ3) is 9.60. The summed E-state index contributed by atoms with van der Waals surface area (Å²) < 4.78 is 7.05. The first-order valence-electron chi connectivity index (χ1n) is 20.4. The number of piperidine rings is 1. The number of aromatic nitrogens is 3. The van der Waals surface area contributed by atoms with Gasteiger partial charge in [0, 0.05) is 31.6 Å². The van der Waals surface area contributed by atoms with Crippen LogP contribution in [0, 0.1) is 5.92 Å². The summed E-state index contributed by atoms with van der Waals surface area (Å²) in [7, 11) is 0. The maximum absolute atomic E-state index is 15.0. The molecule has 3 fully saturated rings. The van der Waals surface area contributed by atoms with Gasteiger partial charge in [-0.25, -0.2) is 9.48 Å². The third-order valence-electron chi connectivity index (χ3n) is 11.8. The number of likely N-dealkylation sites (tertiary alicyclic amines) is 2. The number of nitrogens with two attached hydrogens (primary N) is 1. The average Bonchev–Trinajstić information content (AvgIpc) is 3.86. The van der Waals surface area contributed by atoms with Gasteiger partial charge in [0.15, 0.2) is 6.10 Å². The predicted molar refractivity (Wildman–Crippen MR) is 214 cm³/mol. The average molecular weight is 803 g/mol. The first-order chi connectivity index (χ1) is 27.3. The summed E-state index contributed by atoms with van der Waals surface area (Å²) >= 11 is 0. The minimum absolute atomic E-state index is 0.00579. The van der Waals surface area contributed by atoms with Crippen LogP contribution in [0.3, 0.4) is 0 Å².